The van der Waals surface area contributed by atoms with Crippen LogP contribution in [0.1, 0.15) is 0 Å². The summed E-state index contributed by atoms with van der Waals surface area (Å²) in [6.07, 6.45) is 3.95. The Balaban J connectivity index is 2.48. The fourth-order valence-electron chi connectivity index (χ4n) is 1.51. The predicted molar refractivity (Wildman–Crippen MR) is 62.6 cm³/mol. The van der Waals surface area contributed by atoms with Gasteiger partial charge >= 0.3 is 0 Å². The Kier molecular flexibility index (Phi) is 3.18. The Morgan fingerprint density at radius 1 is 1.33 bits per heavy atom. The lowest BCUT2D eigenvalue weighted by atomic mass is 10.2. The van der Waals surface area contributed by atoms with Crippen LogP contribution >= 0.6 is 11.8 Å². The molecule has 0 radical (unpaired) electrons. The molecule has 0 aliphatic heterocycles. The van der Waals surface area contributed by atoms with Crippen molar-refractivity contribution in [2.24, 2.45) is 0 Å². The molecule has 0 aliphatic carbocycles. The van der Waals surface area contributed by atoms with Gasteiger partial charge in [-0.2, -0.15) is 0 Å². The quantitative estimate of drug-likeness (QED) is 0.639. The number of aromatic amines is 1. The van der Waals surface area contributed by atoms with Crippen LogP contribution in [0.25, 0.3) is 10.9 Å². The van der Waals surface area contributed by atoms with Crippen molar-refractivity contribution in [3.05, 3.63) is 24.4 Å². The lowest BCUT2D eigenvalue weighted by Gasteiger charge is -2.10. The Labute approximate surface area is 92.8 Å². The first-order chi connectivity index (χ1) is 7.36. The summed E-state index contributed by atoms with van der Waals surface area (Å²) in [7, 11) is 1.62. The summed E-state index contributed by atoms with van der Waals surface area (Å²) < 4.78 is 10.5. The van der Waals surface area contributed by atoms with Gasteiger partial charge in [0.15, 0.2) is 6.79 Å². The highest BCUT2D eigenvalue weighted by molar-refractivity contribution is 7.98. The smallest absolute Gasteiger partial charge is 0.188 e. The van der Waals surface area contributed by atoms with Crippen LogP contribution in [0.3, 0.4) is 0 Å². The van der Waals surface area contributed by atoms with E-state index in [1.54, 1.807) is 18.9 Å². The van der Waals surface area contributed by atoms with Crippen molar-refractivity contribution in [2.45, 2.75) is 4.90 Å². The first-order valence-electron chi connectivity index (χ1n) is 4.62. The summed E-state index contributed by atoms with van der Waals surface area (Å²) in [6.45, 7) is 0.276. The highest BCUT2D eigenvalue weighted by Gasteiger charge is 2.08. The monoisotopic (exact) mass is 223 g/mol. The van der Waals surface area contributed by atoms with Crippen molar-refractivity contribution < 1.29 is 9.47 Å². The van der Waals surface area contributed by atoms with E-state index in [-0.39, 0.29) is 6.79 Å². The van der Waals surface area contributed by atoms with Crippen molar-refractivity contribution in [1.82, 2.24) is 4.98 Å². The highest BCUT2D eigenvalue weighted by Crippen LogP contribution is 2.34. The molecule has 2 aromatic rings. The van der Waals surface area contributed by atoms with E-state index in [0.29, 0.717) is 0 Å². The molecule has 4 heteroatoms. The van der Waals surface area contributed by atoms with E-state index >= 15 is 0 Å². The molecule has 0 unspecified atom stereocenters. The minimum Gasteiger partial charge on any atom is -0.466 e. The molecule has 0 spiro atoms. The number of thioether (sulfide) groups is 1. The molecule has 15 heavy (non-hydrogen) atoms. The minimum absolute atomic E-state index is 0.276. The number of fused-ring (bicyclic) bond motifs is 1. The second kappa shape index (κ2) is 4.59. The SMILES string of the molecule is COCOc1c(SC)ccc2[nH]ccc12. The zero-order valence-corrected chi connectivity index (χ0v) is 9.56. The molecule has 0 bridgehead atoms. The highest BCUT2D eigenvalue weighted by atomic mass is 32.2. The molecular formula is C11H13NO2S. The number of benzene rings is 1. The average molecular weight is 223 g/mol. The number of hydrogen-bond donors (Lipinski definition) is 1. The lowest BCUT2D eigenvalue weighted by molar-refractivity contribution is 0.0503. The van der Waals surface area contributed by atoms with Gasteiger partial charge in [-0.15, -0.1) is 11.8 Å². The van der Waals surface area contributed by atoms with E-state index in [1.165, 1.54) is 0 Å². The summed E-state index contributed by atoms with van der Waals surface area (Å²) in [5, 5.41) is 1.10. The molecule has 0 atom stereocenters. The molecular weight excluding hydrogens is 210 g/mol. The fourth-order valence-corrected chi connectivity index (χ4v) is 2.07. The van der Waals surface area contributed by atoms with Crippen LogP contribution in [0.4, 0.5) is 0 Å². The van der Waals surface area contributed by atoms with E-state index < -0.39 is 0 Å². The molecule has 1 N–H and O–H groups in total. The zero-order valence-electron chi connectivity index (χ0n) is 8.74. The second-order valence-electron chi connectivity index (χ2n) is 3.09. The topological polar surface area (TPSA) is 34.2 Å². The summed E-state index contributed by atoms with van der Waals surface area (Å²) >= 11 is 1.67. The van der Waals surface area contributed by atoms with Crippen LogP contribution in [-0.4, -0.2) is 25.1 Å². The molecule has 0 fully saturated rings. The van der Waals surface area contributed by atoms with Gasteiger partial charge in [-0.25, -0.2) is 0 Å². The van der Waals surface area contributed by atoms with Crippen molar-refractivity contribution in [1.29, 1.82) is 0 Å². The van der Waals surface area contributed by atoms with Gasteiger partial charge in [0.1, 0.15) is 5.75 Å². The van der Waals surface area contributed by atoms with E-state index in [0.717, 1.165) is 21.5 Å². The summed E-state index contributed by atoms with van der Waals surface area (Å²) in [5.41, 5.74) is 1.08. The second-order valence-corrected chi connectivity index (χ2v) is 3.93. The first-order valence-corrected chi connectivity index (χ1v) is 5.85. The van der Waals surface area contributed by atoms with Crippen molar-refractivity contribution in [3.8, 4) is 5.75 Å². The third-order valence-electron chi connectivity index (χ3n) is 2.19. The van der Waals surface area contributed by atoms with Gasteiger partial charge in [0.05, 0.1) is 4.90 Å². The number of aromatic nitrogens is 1. The fraction of sp³-hybridized carbons (Fsp3) is 0.273. The van der Waals surface area contributed by atoms with Crippen molar-refractivity contribution in [3.63, 3.8) is 0 Å². The van der Waals surface area contributed by atoms with Crippen LogP contribution < -0.4 is 4.74 Å². The lowest BCUT2D eigenvalue weighted by Crippen LogP contribution is -2.00. The van der Waals surface area contributed by atoms with Crippen LogP contribution in [0.5, 0.6) is 5.75 Å². The third kappa shape index (κ3) is 1.96. The maximum absolute atomic E-state index is 5.59. The maximum Gasteiger partial charge on any atom is 0.188 e. The van der Waals surface area contributed by atoms with E-state index in [9.17, 15) is 0 Å². The third-order valence-corrected chi connectivity index (χ3v) is 2.95. The van der Waals surface area contributed by atoms with Crippen LogP contribution in [0.2, 0.25) is 0 Å². The Hall–Kier alpha value is -1.13. The molecule has 2 rings (SSSR count). The van der Waals surface area contributed by atoms with Crippen molar-refractivity contribution >= 4 is 22.7 Å². The van der Waals surface area contributed by atoms with Crippen LogP contribution in [-0.2, 0) is 4.74 Å². The first kappa shape index (κ1) is 10.4. The van der Waals surface area contributed by atoms with Gasteiger partial charge < -0.3 is 14.5 Å². The van der Waals surface area contributed by atoms with Gasteiger partial charge in [-0.05, 0) is 24.5 Å². The summed E-state index contributed by atoms with van der Waals surface area (Å²) in [5.74, 6) is 0.892. The molecule has 1 aromatic carbocycles. The number of ether oxygens (including phenoxy) is 2. The predicted octanol–water partition coefficient (Wildman–Crippen LogP) is 2.87. The largest absolute Gasteiger partial charge is 0.466 e. The summed E-state index contributed by atoms with van der Waals surface area (Å²) in [4.78, 5) is 4.28. The maximum atomic E-state index is 5.59. The molecule has 1 aromatic heterocycles. The standard InChI is InChI=1S/C11H13NO2S/c1-13-7-14-11-8-5-6-12-9(8)3-4-10(11)15-2/h3-6,12H,7H2,1-2H3. The number of rotatable bonds is 4. The molecule has 3 nitrogen and oxygen atoms in total. The number of H-pyrrole nitrogens is 1. The van der Waals surface area contributed by atoms with E-state index in [4.69, 9.17) is 9.47 Å². The zero-order chi connectivity index (χ0) is 10.7. The van der Waals surface area contributed by atoms with E-state index in [2.05, 4.69) is 17.1 Å². The molecule has 0 saturated carbocycles. The van der Waals surface area contributed by atoms with E-state index in [1.807, 2.05) is 18.5 Å². The van der Waals surface area contributed by atoms with Crippen molar-refractivity contribution in [2.75, 3.05) is 20.2 Å². The van der Waals surface area contributed by atoms with Crippen LogP contribution in [0, 0.1) is 0 Å². The van der Waals surface area contributed by atoms with Crippen LogP contribution in [0.15, 0.2) is 29.3 Å². The van der Waals surface area contributed by atoms with Gasteiger partial charge in [0, 0.05) is 24.2 Å². The van der Waals surface area contributed by atoms with Gasteiger partial charge in [0.25, 0.3) is 0 Å². The Morgan fingerprint density at radius 3 is 2.93 bits per heavy atom. The summed E-state index contributed by atoms with van der Waals surface area (Å²) in [6, 6.07) is 6.12. The number of hydrogen-bond acceptors (Lipinski definition) is 3. The minimum atomic E-state index is 0.276. The van der Waals surface area contributed by atoms with Gasteiger partial charge in [0.2, 0.25) is 0 Å². The molecule has 80 valence electrons. The average Bonchev–Trinajstić information content (AvgIpc) is 2.73. The number of nitrogens with one attached hydrogen (secondary N) is 1. The molecule has 1 heterocycles. The Bertz CT molecular complexity index is 453. The molecule has 0 amide bonds. The molecule has 0 aliphatic rings. The normalized spacial score (nSPS) is 10.8. The van der Waals surface area contributed by atoms with Gasteiger partial charge in [-0.3, -0.25) is 0 Å². The Morgan fingerprint density at radius 2 is 2.20 bits per heavy atom. The molecule has 0 saturated heterocycles. The number of methoxy groups -OCH3 is 1. The van der Waals surface area contributed by atoms with Gasteiger partial charge in [-0.1, -0.05) is 0 Å².